The van der Waals surface area contributed by atoms with Crippen molar-refractivity contribution < 1.29 is 4.42 Å². The number of aromatic nitrogens is 2. The third-order valence-corrected chi connectivity index (χ3v) is 3.02. The van der Waals surface area contributed by atoms with Gasteiger partial charge in [-0.15, -0.1) is 0 Å². The Morgan fingerprint density at radius 1 is 1.35 bits per heavy atom. The smallest absolute Gasteiger partial charge is 0.409 e. The molecule has 0 fully saturated rings. The van der Waals surface area contributed by atoms with Gasteiger partial charge in [0.05, 0.1) is 16.8 Å². The highest BCUT2D eigenvalue weighted by atomic mass is 16.4. The van der Waals surface area contributed by atoms with Crippen LogP contribution in [0.25, 0.3) is 16.6 Å². The third-order valence-electron chi connectivity index (χ3n) is 3.02. The summed E-state index contributed by atoms with van der Waals surface area (Å²) in [5, 5.41) is 0.870. The molecular weight excluding hydrogens is 216 g/mol. The summed E-state index contributed by atoms with van der Waals surface area (Å²) in [5.41, 5.74) is 3.07. The molecule has 3 rings (SSSR count). The molecule has 0 unspecified atom stereocenters. The zero-order chi connectivity index (χ0) is 12.0. The molecule has 0 aliphatic rings. The molecule has 0 bridgehead atoms. The van der Waals surface area contributed by atoms with E-state index in [1.54, 1.807) is 10.5 Å². The van der Waals surface area contributed by atoms with Crippen LogP contribution in [-0.2, 0) is 6.42 Å². The fraction of sp³-hybridized carbons (Fsp3) is 0.231. The van der Waals surface area contributed by atoms with Crippen molar-refractivity contribution in [1.29, 1.82) is 0 Å². The Morgan fingerprint density at radius 3 is 2.88 bits per heavy atom. The van der Waals surface area contributed by atoms with Crippen molar-refractivity contribution in [1.82, 2.24) is 9.38 Å². The summed E-state index contributed by atoms with van der Waals surface area (Å²) in [4.78, 5) is 16.4. The highest BCUT2D eigenvalue weighted by Gasteiger charge is 2.13. The number of aryl methyl sites for hydroxylation is 2. The van der Waals surface area contributed by atoms with Crippen LogP contribution < -0.4 is 5.76 Å². The molecule has 4 heteroatoms. The predicted molar refractivity (Wildman–Crippen MR) is 65.3 cm³/mol. The molecule has 0 spiro atoms. The number of imidazole rings is 1. The number of benzene rings is 1. The molecule has 1 aromatic carbocycles. The number of nitrogens with zero attached hydrogens (tertiary/aromatic N) is 2. The number of fused-ring (bicyclic) bond motifs is 3. The van der Waals surface area contributed by atoms with Crippen molar-refractivity contribution in [3.05, 3.63) is 46.2 Å². The second-order valence-corrected chi connectivity index (χ2v) is 4.02. The predicted octanol–water partition coefficient (Wildman–Crippen LogP) is 2.31. The van der Waals surface area contributed by atoms with E-state index >= 15 is 0 Å². The topological polar surface area (TPSA) is 47.5 Å². The fourth-order valence-corrected chi connectivity index (χ4v) is 2.23. The molecule has 0 aliphatic heterocycles. The van der Waals surface area contributed by atoms with Crippen LogP contribution in [0.2, 0.25) is 0 Å². The summed E-state index contributed by atoms with van der Waals surface area (Å²) < 4.78 is 6.87. The first kappa shape index (κ1) is 10.1. The molecule has 0 N–H and O–H groups in total. The van der Waals surface area contributed by atoms with Crippen molar-refractivity contribution in [2.24, 2.45) is 0 Å². The van der Waals surface area contributed by atoms with E-state index in [4.69, 9.17) is 4.42 Å². The maximum Gasteiger partial charge on any atom is 0.425 e. The first-order valence-corrected chi connectivity index (χ1v) is 5.62. The van der Waals surface area contributed by atoms with E-state index in [2.05, 4.69) is 4.98 Å². The molecule has 0 aliphatic carbocycles. The Kier molecular flexibility index (Phi) is 2.04. The fourth-order valence-electron chi connectivity index (χ4n) is 2.23. The van der Waals surface area contributed by atoms with Gasteiger partial charge in [-0.25, -0.2) is 14.2 Å². The molecule has 0 saturated heterocycles. The van der Waals surface area contributed by atoms with Crippen LogP contribution in [-0.4, -0.2) is 9.38 Å². The van der Waals surface area contributed by atoms with Crippen LogP contribution >= 0.6 is 0 Å². The SMILES string of the molecule is CCc1c(C)nc2c3ccccc3oc(=O)n12. The Bertz CT molecular complexity index is 768. The largest absolute Gasteiger partial charge is 0.425 e. The van der Waals surface area contributed by atoms with E-state index in [0.29, 0.717) is 11.2 Å². The lowest BCUT2D eigenvalue weighted by Crippen LogP contribution is -2.13. The number of para-hydroxylation sites is 1. The second kappa shape index (κ2) is 3.45. The van der Waals surface area contributed by atoms with Gasteiger partial charge in [0.15, 0.2) is 5.65 Å². The lowest BCUT2D eigenvalue weighted by Gasteiger charge is -2.00. The number of hydrogen-bond acceptors (Lipinski definition) is 3. The van der Waals surface area contributed by atoms with E-state index in [1.165, 1.54) is 0 Å². The van der Waals surface area contributed by atoms with Gasteiger partial charge in [-0.05, 0) is 25.5 Å². The molecular formula is C13H12N2O2. The minimum atomic E-state index is -0.365. The Labute approximate surface area is 97.5 Å². The van der Waals surface area contributed by atoms with Crippen LogP contribution in [0.15, 0.2) is 33.5 Å². The summed E-state index contributed by atoms with van der Waals surface area (Å²) >= 11 is 0. The van der Waals surface area contributed by atoms with Crippen molar-refractivity contribution >= 4 is 16.6 Å². The first-order chi connectivity index (χ1) is 8.22. The Balaban J connectivity index is 2.63. The molecule has 0 saturated carbocycles. The zero-order valence-corrected chi connectivity index (χ0v) is 9.73. The molecule has 2 heterocycles. The molecule has 4 nitrogen and oxygen atoms in total. The van der Waals surface area contributed by atoms with Crippen LogP contribution in [0.4, 0.5) is 0 Å². The average Bonchev–Trinajstić information content (AvgIpc) is 2.66. The monoisotopic (exact) mass is 228 g/mol. The van der Waals surface area contributed by atoms with Gasteiger partial charge < -0.3 is 4.42 Å². The van der Waals surface area contributed by atoms with Gasteiger partial charge in [0.2, 0.25) is 0 Å². The van der Waals surface area contributed by atoms with Crippen LogP contribution in [0, 0.1) is 6.92 Å². The van der Waals surface area contributed by atoms with Crippen molar-refractivity contribution in [3.8, 4) is 0 Å². The van der Waals surface area contributed by atoms with Gasteiger partial charge in [0, 0.05) is 0 Å². The van der Waals surface area contributed by atoms with Gasteiger partial charge in [0.25, 0.3) is 0 Å². The minimum absolute atomic E-state index is 0.365. The first-order valence-electron chi connectivity index (χ1n) is 5.62. The quantitative estimate of drug-likeness (QED) is 0.642. The van der Waals surface area contributed by atoms with Crippen LogP contribution in [0.1, 0.15) is 18.3 Å². The molecule has 86 valence electrons. The molecule has 3 aromatic rings. The van der Waals surface area contributed by atoms with Gasteiger partial charge in [0.1, 0.15) is 5.58 Å². The number of rotatable bonds is 1. The third kappa shape index (κ3) is 1.30. The molecule has 0 amide bonds. The lowest BCUT2D eigenvalue weighted by atomic mass is 10.2. The Morgan fingerprint density at radius 2 is 2.12 bits per heavy atom. The minimum Gasteiger partial charge on any atom is -0.409 e. The molecule has 2 aromatic heterocycles. The van der Waals surface area contributed by atoms with Crippen molar-refractivity contribution in [2.75, 3.05) is 0 Å². The normalized spacial score (nSPS) is 11.4. The Hall–Kier alpha value is -2.10. The van der Waals surface area contributed by atoms with E-state index in [0.717, 1.165) is 23.2 Å². The summed E-state index contributed by atoms with van der Waals surface area (Å²) in [7, 11) is 0. The summed E-state index contributed by atoms with van der Waals surface area (Å²) in [6.45, 7) is 3.92. The van der Waals surface area contributed by atoms with Crippen molar-refractivity contribution in [2.45, 2.75) is 20.3 Å². The molecule has 17 heavy (non-hydrogen) atoms. The number of hydrogen-bond donors (Lipinski definition) is 0. The van der Waals surface area contributed by atoms with Crippen LogP contribution in [0.5, 0.6) is 0 Å². The van der Waals surface area contributed by atoms with Crippen LogP contribution in [0.3, 0.4) is 0 Å². The van der Waals surface area contributed by atoms with E-state index in [9.17, 15) is 4.79 Å². The highest BCUT2D eigenvalue weighted by molar-refractivity contribution is 5.89. The van der Waals surface area contributed by atoms with Gasteiger partial charge in [-0.2, -0.15) is 0 Å². The summed E-state index contributed by atoms with van der Waals surface area (Å²) in [6, 6.07) is 7.46. The van der Waals surface area contributed by atoms with E-state index in [1.807, 2.05) is 32.0 Å². The van der Waals surface area contributed by atoms with E-state index in [-0.39, 0.29) is 5.76 Å². The summed E-state index contributed by atoms with van der Waals surface area (Å²) in [5.74, 6) is -0.365. The second-order valence-electron chi connectivity index (χ2n) is 4.02. The van der Waals surface area contributed by atoms with Gasteiger partial charge >= 0.3 is 5.76 Å². The standard InChI is InChI=1S/C13H12N2O2/c1-3-10-8(2)14-12-9-6-4-5-7-11(9)17-13(16)15(10)12/h4-7H,3H2,1-2H3. The van der Waals surface area contributed by atoms with E-state index < -0.39 is 0 Å². The highest BCUT2D eigenvalue weighted by Crippen LogP contribution is 2.19. The van der Waals surface area contributed by atoms with Crippen molar-refractivity contribution in [3.63, 3.8) is 0 Å². The zero-order valence-electron chi connectivity index (χ0n) is 9.73. The molecule has 0 atom stereocenters. The maximum atomic E-state index is 11.9. The van der Waals surface area contributed by atoms with Gasteiger partial charge in [-0.3, -0.25) is 0 Å². The molecule has 0 radical (unpaired) electrons. The summed E-state index contributed by atoms with van der Waals surface area (Å²) in [6.07, 6.45) is 0.760. The lowest BCUT2D eigenvalue weighted by molar-refractivity contribution is 0.517. The maximum absolute atomic E-state index is 11.9. The van der Waals surface area contributed by atoms with Gasteiger partial charge in [-0.1, -0.05) is 19.1 Å². The average molecular weight is 228 g/mol.